The second-order valence-electron chi connectivity index (χ2n) is 8.55. The maximum absolute atomic E-state index is 13.3. The summed E-state index contributed by atoms with van der Waals surface area (Å²) in [4.78, 5) is 29.8. The van der Waals surface area contributed by atoms with Crippen LogP contribution in [0.3, 0.4) is 0 Å². The minimum Gasteiger partial charge on any atom is -0.351 e. The SMILES string of the molecule is CC(C)[C@@H]1CO[C@@]23CCN(C(=O)c4cc(C5CC5)nn4C)[C@@H]2CC(=O)N13. The Bertz CT molecular complexity index is 784. The highest BCUT2D eigenvalue weighted by Crippen LogP contribution is 2.49. The summed E-state index contributed by atoms with van der Waals surface area (Å²) in [7, 11) is 1.83. The van der Waals surface area contributed by atoms with Crippen molar-refractivity contribution >= 4 is 11.8 Å². The number of amides is 2. The van der Waals surface area contributed by atoms with E-state index >= 15 is 0 Å². The molecule has 140 valence electrons. The number of nitrogens with zero attached hydrogens (tertiary/aromatic N) is 4. The van der Waals surface area contributed by atoms with Gasteiger partial charge >= 0.3 is 0 Å². The lowest BCUT2D eigenvalue weighted by Crippen LogP contribution is -2.51. The van der Waals surface area contributed by atoms with E-state index in [1.807, 2.05) is 22.9 Å². The number of rotatable bonds is 3. The standard InChI is InChI=1S/C19H26N4O3/c1-11(2)15-10-26-19-6-7-22(16(19)9-17(24)23(15)19)18(25)14-8-13(12-4-5-12)20-21(14)3/h8,11-12,15-16H,4-7,9-10H2,1-3H3/t15-,16+,19-/m0/s1. The Morgan fingerprint density at radius 2 is 2.15 bits per heavy atom. The van der Waals surface area contributed by atoms with E-state index in [1.54, 1.807) is 4.68 Å². The third kappa shape index (κ3) is 2.06. The fraction of sp³-hybridized carbons (Fsp3) is 0.737. The summed E-state index contributed by atoms with van der Waals surface area (Å²) >= 11 is 0. The molecule has 4 heterocycles. The topological polar surface area (TPSA) is 67.7 Å². The molecule has 3 saturated heterocycles. The van der Waals surface area contributed by atoms with Gasteiger partial charge in [0.05, 0.1) is 30.8 Å². The van der Waals surface area contributed by atoms with Gasteiger partial charge in [0, 0.05) is 25.9 Å². The summed E-state index contributed by atoms with van der Waals surface area (Å²) in [6.45, 7) is 5.45. The molecule has 1 aromatic heterocycles. The Balaban J connectivity index is 1.44. The van der Waals surface area contributed by atoms with Crippen molar-refractivity contribution in [1.82, 2.24) is 19.6 Å². The van der Waals surface area contributed by atoms with Crippen LogP contribution in [0, 0.1) is 5.92 Å². The first-order chi connectivity index (χ1) is 12.4. The summed E-state index contributed by atoms with van der Waals surface area (Å²) in [6, 6.07) is 1.86. The zero-order valence-electron chi connectivity index (χ0n) is 15.6. The highest BCUT2D eigenvalue weighted by atomic mass is 16.5. The molecule has 7 nitrogen and oxygen atoms in total. The minimum atomic E-state index is -0.612. The van der Waals surface area contributed by atoms with Gasteiger partial charge in [-0.05, 0) is 24.8 Å². The third-order valence-corrected chi connectivity index (χ3v) is 6.63. The first-order valence-electron chi connectivity index (χ1n) is 9.73. The molecule has 1 saturated carbocycles. The fourth-order valence-electron chi connectivity index (χ4n) is 5.03. The van der Waals surface area contributed by atoms with E-state index in [-0.39, 0.29) is 23.9 Å². The van der Waals surface area contributed by atoms with Crippen LogP contribution >= 0.6 is 0 Å². The lowest BCUT2D eigenvalue weighted by molar-refractivity contribution is -0.139. The molecule has 26 heavy (non-hydrogen) atoms. The molecule has 7 heteroatoms. The lowest BCUT2D eigenvalue weighted by Gasteiger charge is -2.34. The smallest absolute Gasteiger partial charge is 0.272 e. The van der Waals surface area contributed by atoms with Crippen molar-refractivity contribution < 1.29 is 14.3 Å². The fourth-order valence-corrected chi connectivity index (χ4v) is 5.03. The number of likely N-dealkylation sites (tertiary alicyclic amines) is 1. The van der Waals surface area contributed by atoms with Crippen LogP contribution in [-0.4, -0.2) is 62.4 Å². The largest absolute Gasteiger partial charge is 0.351 e. The van der Waals surface area contributed by atoms with Crippen LogP contribution in [0.1, 0.15) is 61.6 Å². The average molecular weight is 358 g/mol. The maximum Gasteiger partial charge on any atom is 0.272 e. The molecule has 0 radical (unpaired) electrons. The van der Waals surface area contributed by atoms with E-state index in [9.17, 15) is 9.59 Å². The second kappa shape index (κ2) is 5.31. The van der Waals surface area contributed by atoms with E-state index in [0.29, 0.717) is 43.5 Å². The molecule has 4 aliphatic rings. The number of carbonyl (C=O) groups is 2. The van der Waals surface area contributed by atoms with Crippen LogP contribution in [-0.2, 0) is 16.6 Å². The molecule has 1 spiro atoms. The van der Waals surface area contributed by atoms with Gasteiger partial charge in [-0.2, -0.15) is 5.10 Å². The predicted octanol–water partition coefficient (Wildman–Crippen LogP) is 1.50. The van der Waals surface area contributed by atoms with Gasteiger partial charge in [0.15, 0.2) is 5.72 Å². The summed E-state index contributed by atoms with van der Waals surface area (Å²) in [6.07, 6.45) is 3.38. The van der Waals surface area contributed by atoms with Gasteiger partial charge in [-0.15, -0.1) is 0 Å². The lowest BCUT2D eigenvalue weighted by atomic mass is 10.0. The summed E-state index contributed by atoms with van der Waals surface area (Å²) in [5, 5.41) is 4.53. The van der Waals surface area contributed by atoms with Crippen molar-refractivity contribution in [3.63, 3.8) is 0 Å². The molecule has 5 rings (SSSR count). The van der Waals surface area contributed by atoms with Crippen LogP contribution < -0.4 is 0 Å². The van der Waals surface area contributed by atoms with E-state index < -0.39 is 5.72 Å². The molecule has 0 bridgehead atoms. The summed E-state index contributed by atoms with van der Waals surface area (Å²) < 4.78 is 7.92. The van der Waals surface area contributed by atoms with Crippen molar-refractivity contribution in [3.8, 4) is 0 Å². The minimum absolute atomic E-state index is 0.0278. The first-order valence-corrected chi connectivity index (χ1v) is 9.73. The molecule has 3 aliphatic heterocycles. The number of carbonyl (C=O) groups excluding carboxylic acids is 2. The van der Waals surface area contributed by atoms with Crippen molar-refractivity contribution in [1.29, 1.82) is 0 Å². The Morgan fingerprint density at radius 3 is 2.85 bits per heavy atom. The number of aromatic nitrogens is 2. The van der Waals surface area contributed by atoms with Gasteiger partial charge in [-0.1, -0.05) is 13.8 Å². The second-order valence-corrected chi connectivity index (χ2v) is 8.55. The van der Waals surface area contributed by atoms with Crippen molar-refractivity contribution in [2.45, 2.75) is 63.3 Å². The zero-order chi connectivity index (χ0) is 18.2. The van der Waals surface area contributed by atoms with Crippen molar-refractivity contribution in [3.05, 3.63) is 17.5 Å². The van der Waals surface area contributed by atoms with Crippen molar-refractivity contribution in [2.75, 3.05) is 13.2 Å². The molecule has 3 atom stereocenters. The number of hydrogen-bond donors (Lipinski definition) is 0. The Hall–Kier alpha value is -1.89. The maximum atomic E-state index is 13.3. The van der Waals surface area contributed by atoms with Gasteiger partial charge in [0.25, 0.3) is 5.91 Å². The molecule has 1 aliphatic carbocycles. The number of aryl methyl sites for hydroxylation is 1. The quantitative estimate of drug-likeness (QED) is 0.821. The summed E-state index contributed by atoms with van der Waals surface area (Å²) in [5.74, 6) is 0.952. The molecular formula is C19H26N4O3. The molecule has 1 aromatic rings. The third-order valence-electron chi connectivity index (χ3n) is 6.63. The molecule has 0 aromatic carbocycles. The summed E-state index contributed by atoms with van der Waals surface area (Å²) in [5.41, 5.74) is 1.03. The van der Waals surface area contributed by atoms with E-state index in [4.69, 9.17) is 4.74 Å². The van der Waals surface area contributed by atoms with E-state index in [0.717, 1.165) is 18.5 Å². The molecule has 2 amide bonds. The molecular weight excluding hydrogens is 332 g/mol. The molecule has 4 fully saturated rings. The van der Waals surface area contributed by atoms with Gasteiger partial charge in [0.1, 0.15) is 5.69 Å². The van der Waals surface area contributed by atoms with Crippen LogP contribution in [0.2, 0.25) is 0 Å². The Morgan fingerprint density at radius 1 is 1.38 bits per heavy atom. The van der Waals surface area contributed by atoms with Gasteiger partial charge in [0.2, 0.25) is 5.91 Å². The van der Waals surface area contributed by atoms with Crippen LogP contribution in [0.15, 0.2) is 6.07 Å². The highest BCUT2D eigenvalue weighted by Gasteiger charge is 2.65. The monoisotopic (exact) mass is 358 g/mol. The zero-order valence-corrected chi connectivity index (χ0v) is 15.6. The van der Waals surface area contributed by atoms with Crippen LogP contribution in [0.4, 0.5) is 0 Å². The Labute approximate surface area is 153 Å². The van der Waals surface area contributed by atoms with Gasteiger partial charge in [-0.3, -0.25) is 14.3 Å². The van der Waals surface area contributed by atoms with Gasteiger partial charge < -0.3 is 14.5 Å². The first kappa shape index (κ1) is 16.3. The van der Waals surface area contributed by atoms with E-state index in [2.05, 4.69) is 18.9 Å². The highest BCUT2D eigenvalue weighted by molar-refractivity contribution is 5.94. The van der Waals surface area contributed by atoms with Crippen molar-refractivity contribution in [2.24, 2.45) is 13.0 Å². The van der Waals surface area contributed by atoms with Crippen LogP contribution in [0.25, 0.3) is 0 Å². The molecule has 0 N–H and O–H groups in total. The average Bonchev–Trinajstić information content (AvgIpc) is 3.00. The van der Waals surface area contributed by atoms with Gasteiger partial charge in [-0.25, -0.2) is 0 Å². The normalized spacial score (nSPS) is 33.3. The number of ether oxygens (including phenoxy) is 1. The van der Waals surface area contributed by atoms with E-state index in [1.165, 1.54) is 0 Å². The molecule has 0 unspecified atom stereocenters. The van der Waals surface area contributed by atoms with Crippen LogP contribution in [0.5, 0.6) is 0 Å². The predicted molar refractivity (Wildman–Crippen MR) is 93.4 cm³/mol. The number of hydrogen-bond acceptors (Lipinski definition) is 4. The Kier molecular flexibility index (Phi) is 3.33.